The zero-order valence-electron chi connectivity index (χ0n) is 22.4. The van der Waals surface area contributed by atoms with Crippen LogP contribution in [0.5, 0.6) is 17.2 Å². The van der Waals surface area contributed by atoms with Crippen LogP contribution in [0.2, 0.25) is 0 Å². The molecule has 0 unspecified atom stereocenters. The van der Waals surface area contributed by atoms with Gasteiger partial charge in [0, 0.05) is 16.2 Å². The maximum atomic E-state index is 12.9. The van der Waals surface area contributed by atoms with E-state index in [2.05, 4.69) is 26.0 Å². The van der Waals surface area contributed by atoms with Crippen molar-refractivity contribution in [3.8, 4) is 27.7 Å². The second-order valence-electron chi connectivity index (χ2n) is 9.71. The van der Waals surface area contributed by atoms with E-state index in [9.17, 15) is 9.59 Å². The fourth-order valence-corrected chi connectivity index (χ4v) is 5.70. The van der Waals surface area contributed by atoms with Crippen LogP contribution in [-0.2, 0) is 4.79 Å². The Labute approximate surface area is 236 Å². The summed E-state index contributed by atoms with van der Waals surface area (Å²) in [5.74, 6) is 0.728. The molecule has 5 rings (SSSR count). The predicted octanol–water partition coefficient (Wildman–Crippen LogP) is 9.11. The Bertz CT molecular complexity index is 1730. The summed E-state index contributed by atoms with van der Waals surface area (Å²) in [7, 11) is 0. The zero-order valence-corrected chi connectivity index (χ0v) is 23.2. The molecule has 0 saturated carbocycles. The van der Waals surface area contributed by atoms with Crippen LogP contribution in [-0.4, -0.2) is 17.0 Å². The van der Waals surface area contributed by atoms with Crippen molar-refractivity contribution >= 4 is 39.4 Å². The molecule has 0 aliphatic carbocycles. The molecule has 1 N–H and O–H groups in total. The van der Waals surface area contributed by atoms with Crippen LogP contribution in [0, 0.1) is 6.92 Å². The average molecular weight is 549 g/mol. The Hall–Kier alpha value is -4.68. The number of hydrogen-bond acceptors (Lipinski definition) is 5. The van der Waals surface area contributed by atoms with Crippen LogP contribution in [0.3, 0.4) is 0 Å². The summed E-state index contributed by atoms with van der Waals surface area (Å²) in [4.78, 5) is 24.7. The second kappa shape index (κ2) is 11.6. The number of carbonyl (C=O) groups excluding carboxylic acids is 1. The lowest BCUT2D eigenvalue weighted by Crippen LogP contribution is -2.09. The molecular formula is C34H28O5S. The van der Waals surface area contributed by atoms with E-state index >= 15 is 0 Å². The first kappa shape index (κ1) is 26.9. The molecule has 0 atom stereocenters. The van der Waals surface area contributed by atoms with Gasteiger partial charge < -0.3 is 14.6 Å². The van der Waals surface area contributed by atoms with Gasteiger partial charge in [0.15, 0.2) is 5.75 Å². The molecule has 0 fully saturated rings. The van der Waals surface area contributed by atoms with Crippen molar-refractivity contribution in [2.45, 2.75) is 26.7 Å². The molecule has 0 aliphatic heterocycles. The van der Waals surface area contributed by atoms with Crippen LogP contribution < -0.4 is 9.47 Å². The molecule has 0 bridgehead atoms. The fraction of sp³-hybridized carbons (Fsp3) is 0.118. The molecule has 200 valence electrons. The van der Waals surface area contributed by atoms with Crippen molar-refractivity contribution in [1.29, 1.82) is 0 Å². The number of carboxylic acid groups (broad SMARTS) is 1. The monoisotopic (exact) mass is 548 g/mol. The number of aliphatic carboxylic acids is 1. The molecule has 1 heterocycles. The van der Waals surface area contributed by atoms with Gasteiger partial charge in [-0.1, -0.05) is 68.4 Å². The van der Waals surface area contributed by atoms with Gasteiger partial charge in [0.1, 0.15) is 11.5 Å². The van der Waals surface area contributed by atoms with Crippen molar-refractivity contribution in [3.63, 3.8) is 0 Å². The molecule has 0 amide bonds. The summed E-state index contributed by atoms with van der Waals surface area (Å²) in [5.41, 5.74) is 4.45. The van der Waals surface area contributed by atoms with Crippen molar-refractivity contribution in [2.75, 3.05) is 0 Å². The Morgan fingerprint density at radius 1 is 0.875 bits per heavy atom. The number of fused-ring (bicyclic) bond motifs is 1. The molecule has 0 spiro atoms. The Kier molecular flexibility index (Phi) is 7.80. The van der Waals surface area contributed by atoms with E-state index in [0.29, 0.717) is 23.0 Å². The Morgan fingerprint density at radius 3 is 2.30 bits per heavy atom. The van der Waals surface area contributed by atoms with E-state index in [1.165, 1.54) is 11.6 Å². The molecule has 4 aromatic carbocycles. The van der Waals surface area contributed by atoms with E-state index < -0.39 is 11.9 Å². The van der Waals surface area contributed by atoms with Crippen molar-refractivity contribution in [3.05, 3.63) is 119 Å². The molecule has 6 heteroatoms. The molecule has 1 aromatic heterocycles. The number of esters is 1. The van der Waals surface area contributed by atoms with Crippen LogP contribution >= 0.6 is 11.3 Å². The SMILES string of the molecule is Cc1ccccc1C(=O)Oc1ccc2c(Oc3ccc(/C=C/C(=O)O)cc3)c(-c3ccccc3C(C)C)sc2c1. The van der Waals surface area contributed by atoms with E-state index in [0.717, 1.165) is 43.5 Å². The van der Waals surface area contributed by atoms with E-state index in [1.54, 1.807) is 23.5 Å². The highest BCUT2D eigenvalue weighted by molar-refractivity contribution is 7.22. The van der Waals surface area contributed by atoms with Crippen LogP contribution in [0.1, 0.15) is 46.8 Å². The largest absolute Gasteiger partial charge is 0.478 e. The number of carbonyl (C=O) groups is 2. The minimum absolute atomic E-state index is 0.306. The maximum Gasteiger partial charge on any atom is 0.343 e. The summed E-state index contributed by atoms with van der Waals surface area (Å²) < 4.78 is 13.2. The quantitative estimate of drug-likeness (QED) is 0.119. The highest BCUT2D eigenvalue weighted by Gasteiger charge is 2.21. The molecule has 40 heavy (non-hydrogen) atoms. The predicted molar refractivity (Wildman–Crippen MR) is 161 cm³/mol. The van der Waals surface area contributed by atoms with Gasteiger partial charge in [0.05, 0.1) is 10.4 Å². The molecular weight excluding hydrogens is 520 g/mol. The van der Waals surface area contributed by atoms with Gasteiger partial charge in [-0.15, -0.1) is 11.3 Å². The van der Waals surface area contributed by atoms with E-state index in [1.807, 2.05) is 73.7 Å². The number of hydrogen-bond donors (Lipinski definition) is 1. The highest BCUT2D eigenvalue weighted by Crippen LogP contribution is 2.49. The summed E-state index contributed by atoms with van der Waals surface area (Å²) in [5, 5.41) is 9.81. The third-order valence-electron chi connectivity index (χ3n) is 6.54. The van der Waals surface area contributed by atoms with Gasteiger partial charge in [-0.2, -0.15) is 0 Å². The number of carboxylic acids is 1. The van der Waals surface area contributed by atoms with Crippen LogP contribution in [0.4, 0.5) is 0 Å². The summed E-state index contributed by atoms with van der Waals surface area (Å²) in [6, 6.07) is 28.5. The Morgan fingerprint density at radius 2 is 1.57 bits per heavy atom. The first-order valence-corrected chi connectivity index (χ1v) is 13.7. The van der Waals surface area contributed by atoms with Crippen LogP contribution in [0.25, 0.3) is 26.6 Å². The Balaban J connectivity index is 1.55. The summed E-state index contributed by atoms with van der Waals surface area (Å²) in [6.45, 7) is 6.22. The van der Waals surface area contributed by atoms with Crippen LogP contribution in [0.15, 0.2) is 97.1 Å². The molecule has 5 aromatic rings. The number of rotatable bonds is 8. The van der Waals surface area contributed by atoms with Gasteiger partial charge in [-0.25, -0.2) is 9.59 Å². The van der Waals surface area contributed by atoms with Gasteiger partial charge in [0.25, 0.3) is 0 Å². The molecule has 0 saturated heterocycles. The third kappa shape index (κ3) is 5.82. The topological polar surface area (TPSA) is 72.8 Å². The highest BCUT2D eigenvalue weighted by atomic mass is 32.1. The standard InChI is InChI=1S/C34H28O5S/c1-21(2)26-9-6-7-11-28(26)33-32(38-24-15-12-23(13-16-24)14-19-31(35)36)29-18-17-25(20-30(29)40-33)39-34(37)27-10-5-4-8-22(27)3/h4-21H,1-3H3,(H,35,36)/b19-14+. The van der Waals surface area contributed by atoms with Crippen molar-refractivity contribution in [2.24, 2.45) is 0 Å². The summed E-state index contributed by atoms with van der Waals surface area (Å²) in [6.07, 6.45) is 2.64. The second-order valence-corrected chi connectivity index (χ2v) is 10.8. The van der Waals surface area contributed by atoms with Crippen molar-refractivity contribution < 1.29 is 24.2 Å². The molecule has 5 nitrogen and oxygen atoms in total. The van der Waals surface area contributed by atoms with Gasteiger partial charge in [-0.3, -0.25) is 0 Å². The number of ether oxygens (including phenoxy) is 2. The lowest BCUT2D eigenvalue weighted by atomic mass is 9.96. The zero-order chi connectivity index (χ0) is 28.2. The maximum absolute atomic E-state index is 12.9. The number of benzene rings is 4. The average Bonchev–Trinajstić information content (AvgIpc) is 3.30. The lowest BCUT2D eigenvalue weighted by molar-refractivity contribution is -0.131. The smallest absolute Gasteiger partial charge is 0.343 e. The number of aryl methyl sites for hydroxylation is 1. The minimum atomic E-state index is -0.998. The first-order chi connectivity index (χ1) is 19.3. The fourth-order valence-electron chi connectivity index (χ4n) is 4.50. The van der Waals surface area contributed by atoms with Gasteiger partial charge >= 0.3 is 11.9 Å². The number of thiophene rings is 1. The van der Waals surface area contributed by atoms with E-state index in [-0.39, 0.29) is 0 Å². The van der Waals surface area contributed by atoms with Gasteiger partial charge in [0.2, 0.25) is 0 Å². The molecule has 0 radical (unpaired) electrons. The van der Waals surface area contributed by atoms with Crippen molar-refractivity contribution in [1.82, 2.24) is 0 Å². The summed E-state index contributed by atoms with van der Waals surface area (Å²) >= 11 is 1.59. The third-order valence-corrected chi connectivity index (χ3v) is 7.70. The first-order valence-electron chi connectivity index (χ1n) is 12.9. The minimum Gasteiger partial charge on any atom is -0.478 e. The molecule has 0 aliphatic rings. The van der Waals surface area contributed by atoms with Gasteiger partial charge in [-0.05, 0) is 77.6 Å². The lowest BCUT2D eigenvalue weighted by Gasteiger charge is -2.14. The normalized spacial score (nSPS) is 11.3. The van der Waals surface area contributed by atoms with E-state index in [4.69, 9.17) is 14.6 Å².